The number of piperidine rings is 1. The molecule has 1 saturated heterocycles. The second-order valence-electron chi connectivity index (χ2n) is 5.68. The fourth-order valence-corrected chi connectivity index (χ4v) is 1.78. The van der Waals surface area contributed by atoms with E-state index in [1.54, 1.807) is 5.06 Å². The van der Waals surface area contributed by atoms with Crippen LogP contribution >= 0.6 is 0 Å². The van der Waals surface area contributed by atoms with Gasteiger partial charge >= 0.3 is 5.97 Å². The van der Waals surface area contributed by atoms with Crippen LogP contribution in [0.25, 0.3) is 0 Å². The molecule has 1 fully saturated rings. The van der Waals surface area contributed by atoms with Crippen molar-refractivity contribution in [3.8, 4) is 0 Å². The summed E-state index contributed by atoms with van der Waals surface area (Å²) in [5.41, 5.74) is -0.438. The van der Waals surface area contributed by atoms with Crippen LogP contribution in [0.1, 0.15) is 40.5 Å². The molecule has 0 aromatic rings. The first-order valence-electron chi connectivity index (χ1n) is 6.48. The van der Waals surface area contributed by atoms with Crippen molar-refractivity contribution < 1.29 is 14.4 Å². The van der Waals surface area contributed by atoms with Gasteiger partial charge in [0.2, 0.25) is 0 Å². The van der Waals surface area contributed by atoms with E-state index in [0.717, 1.165) is 39.1 Å². The van der Waals surface area contributed by atoms with E-state index >= 15 is 0 Å². The maximum Gasteiger partial charge on any atom is 0.330 e. The highest BCUT2D eigenvalue weighted by Crippen LogP contribution is 2.21. The van der Waals surface area contributed by atoms with Crippen molar-refractivity contribution in [2.24, 2.45) is 11.3 Å². The molecule has 0 aromatic carbocycles. The molecule has 1 heterocycles. The Hall–Kier alpha value is -0.610. The number of hydroxylamine groups is 2. The molecule has 1 rings (SSSR count). The number of carbonyl (C=O) groups is 1. The van der Waals surface area contributed by atoms with Crippen LogP contribution in [-0.2, 0) is 14.4 Å². The molecule has 1 unspecified atom stereocenters. The van der Waals surface area contributed by atoms with Crippen molar-refractivity contribution in [2.45, 2.75) is 40.5 Å². The highest BCUT2D eigenvalue weighted by molar-refractivity contribution is 5.75. The Kier molecular flexibility index (Phi) is 5.40. The molecule has 0 bridgehead atoms. The topological polar surface area (TPSA) is 38.8 Å². The van der Waals surface area contributed by atoms with Crippen LogP contribution in [0.4, 0.5) is 0 Å². The molecule has 1 aliphatic heterocycles. The summed E-state index contributed by atoms with van der Waals surface area (Å²) >= 11 is 0. The van der Waals surface area contributed by atoms with Gasteiger partial charge in [-0.05, 0) is 46.5 Å². The van der Waals surface area contributed by atoms with Gasteiger partial charge in [0, 0.05) is 19.7 Å². The Bertz CT molecular complexity index is 248. The molecule has 1 atom stereocenters. The third-order valence-electron chi connectivity index (χ3n) is 2.86. The lowest BCUT2D eigenvalue weighted by atomic mass is 9.97. The Labute approximate surface area is 104 Å². The third-order valence-corrected chi connectivity index (χ3v) is 2.86. The number of ether oxygens (including phenoxy) is 1. The molecule has 0 radical (unpaired) electrons. The van der Waals surface area contributed by atoms with E-state index in [2.05, 4.69) is 0 Å². The van der Waals surface area contributed by atoms with Crippen molar-refractivity contribution in [3.05, 3.63) is 0 Å². The predicted octanol–water partition coefficient (Wildman–Crippen LogP) is 2.24. The minimum atomic E-state index is -0.438. The minimum absolute atomic E-state index is 0.158. The molecule has 0 N–H and O–H groups in total. The molecule has 0 saturated carbocycles. The maximum atomic E-state index is 11.8. The molecular weight excluding hydrogens is 218 g/mol. The molecule has 4 nitrogen and oxygen atoms in total. The predicted molar refractivity (Wildman–Crippen MR) is 66.3 cm³/mol. The lowest BCUT2D eigenvalue weighted by molar-refractivity contribution is -0.209. The summed E-state index contributed by atoms with van der Waals surface area (Å²) in [5.74, 6) is 0.325. The zero-order chi connectivity index (χ0) is 12.9. The molecule has 0 aromatic heterocycles. The SMILES string of the molecule is CCOCC1CCCN(OC(=O)C(C)(C)C)C1. The first-order valence-corrected chi connectivity index (χ1v) is 6.48. The third kappa shape index (κ3) is 5.04. The van der Waals surface area contributed by atoms with Gasteiger partial charge in [-0.25, -0.2) is 4.79 Å². The van der Waals surface area contributed by atoms with Crippen molar-refractivity contribution in [3.63, 3.8) is 0 Å². The monoisotopic (exact) mass is 243 g/mol. The van der Waals surface area contributed by atoms with Gasteiger partial charge in [-0.1, -0.05) is 0 Å². The number of carbonyl (C=O) groups excluding carboxylic acids is 1. The smallest absolute Gasteiger partial charge is 0.330 e. The molecule has 17 heavy (non-hydrogen) atoms. The Balaban J connectivity index is 2.37. The summed E-state index contributed by atoms with van der Waals surface area (Å²) in [6.07, 6.45) is 2.22. The van der Waals surface area contributed by atoms with Gasteiger partial charge in [-0.3, -0.25) is 0 Å². The van der Waals surface area contributed by atoms with Gasteiger partial charge in [0.15, 0.2) is 0 Å². The molecular formula is C13H25NO3. The normalized spacial score (nSPS) is 22.5. The zero-order valence-corrected chi connectivity index (χ0v) is 11.5. The largest absolute Gasteiger partial charge is 0.381 e. The second kappa shape index (κ2) is 6.36. The van der Waals surface area contributed by atoms with Crippen molar-refractivity contribution in [1.82, 2.24) is 5.06 Å². The number of hydrogen-bond acceptors (Lipinski definition) is 4. The fourth-order valence-electron chi connectivity index (χ4n) is 1.78. The van der Waals surface area contributed by atoms with Gasteiger partial charge in [-0.2, -0.15) is 0 Å². The molecule has 1 aliphatic rings. The Morgan fingerprint density at radius 3 is 2.71 bits per heavy atom. The summed E-state index contributed by atoms with van der Waals surface area (Å²) in [6, 6.07) is 0. The van der Waals surface area contributed by atoms with Crippen molar-refractivity contribution in [2.75, 3.05) is 26.3 Å². The van der Waals surface area contributed by atoms with Gasteiger partial charge < -0.3 is 9.57 Å². The maximum absolute atomic E-state index is 11.8. The van der Waals surface area contributed by atoms with Crippen LogP contribution in [0.2, 0.25) is 0 Å². The van der Waals surface area contributed by atoms with Gasteiger partial charge in [0.05, 0.1) is 12.0 Å². The van der Waals surface area contributed by atoms with Gasteiger partial charge in [0.25, 0.3) is 0 Å². The van der Waals surface area contributed by atoms with Crippen LogP contribution in [-0.4, -0.2) is 37.3 Å². The Morgan fingerprint density at radius 2 is 2.12 bits per heavy atom. The lowest BCUT2D eigenvalue weighted by Crippen LogP contribution is -2.41. The number of hydrogen-bond donors (Lipinski definition) is 0. The van der Waals surface area contributed by atoms with E-state index in [-0.39, 0.29) is 5.97 Å². The van der Waals surface area contributed by atoms with Crippen molar-refractivity contribution in [1.29, 1.82) is 0 Å². The summed E-state index contributed by atoms with van der Waals surface area (Å²) in [7, 11) is 0. The van der Waals surface area contributed by atoms with E-state index in [4.69, 9.17) is 9.57 Å². The van der Waals surface area contributed by atoms with Gasteiger partial charge in [0.1, 0.15) is 0 Å². The average molecular weight is 243 g/mol. The number of rotatable bonds is 4. The van der Waals surface area contributed by atoms with Crippen LogP contribution in [0.5, 0.6) is 0 Å². The van der Waals surface area contributed by atoms with Crippen LogP contribution in [0.3, 0.4) is 0 Å². The first-order chi connectivity index (χ1) is 7.93. The number of nitrogens with zero attached hydrogens (tertiary/aromatic N) is 1. The second-order valence-corrected chi connectivity index (χ2v) is 5.68. The summed E-state index contributed by atoms with van der Waals surface area (Å²) in [5, 5.41) is 1.79. The summed E-state index contributed by atoms with van der Waals surface area (Å²) in [6.45, 7) is 10.8. The quantitative estimate of drug-likeness (QED) is 0.759. The van der Waals surface area contributed by atoms with Crippen LogP contribution in [0.15, 0.2) is 0 Å². The highest BCUT2D eigenvalue weighted by atomic mass is 16.7. The van der Waals surface area contributed by atoms with Gasteiger partial charge in [-0.15, -0.1) is 5.06 Å². The highest BCUT2D eigenvalue weighted by Gasteiger charge is 2.28. The van der Waals surface area contributed by atoms with Crippen LogP contribution < -0.4 is 0 Å². The molecule has 100 valence electrons. The van der Waals surface area contributed by atoms with E-state index in [0.29, 0.717) is 5.92 Å². The van der Waals surface area contributed by atoms with E-state index in [9.17, 15) is 4.79 Å². The summed E-state index contributed by atoms with van der Waals surface area (Å²) in [4.78, 5) is 17.2. The fraction of sp³-hybridized carbons (Fsp3) is 0.923. The molecule has 4 heteroatoms. The van der Waals surface area contributed by atoms with E-state index in [1.807, 2.05) is 27.7 Å². The minimum Gasteiger partial charge on any atom is -0.381 e. The molecule has 0 amide bonds. The zero-order valence-electron chi connectivity index (χ0n) is 11.5. The molecule has 0 aliphatic carbocycles. The van der Waals surface area contributed by atoms with Crippen LogP contribution in [0, 0.1) is 11.3 Å². The lowest BCUT2D eigenvalue weighted by Gasteiger charge is -2.32. The van der Waals surface area contributed by atoms with E-state index in [1.165, 1.54) is 0 Å². The average Bonchev–Trinajstić information content (AvgIpc) is 2.25. The van der Waals surface area contributed by atoms with E-state index < -0.39 is 5.41 Å². The molecule has 0 spiro atoms. The first kappa shape index (κ1) is 14.5. The standard InChI is InChI=1S/C13H25NO3/c1-5-16-10-11-7-6-8-14(9-11)17-12(15)13(2,3)4/h11H,5-10H2,1-4H3. The van der Waals surface area contributed by atoms with Crippen molar-refractivity contribution >= 4 is 5.97 Å². The Morgan fingerprint density at radius 1 is 1.41 bits per heavy atom. The summed E-state index contributed by atoms with van der Waals surface area (Å²) < 4.78 is 5.43.